The van der Waals surface area contributed by atoms with Gasteiger partial charge in [0.25, 0.3) is 0 Å². The van der Waals surface area contributed by atoms with Gasteiger partial charge in [-0.1, -0.05) is 6.42 Å². The molecule has 1 aromatic carbocycles. The van der Waals surface area contributed by atoms with E-state index in [4.69, 9.17) is 19.2 Å². The highest BCUT2D eigenvalue weighted by Gasteiger charge is 2.20. The molecule has 0 unspecified atom stereocenters. The highest BCUT2D eigenvalue weighted by Crippen LogP contribution is 2.35. The number of amides is 3. The third-order valence-electron chi connectivity index (χ3n) is 7.18. The maximum Gasteiger partial charge on any atom is 0.320 e. The molecule has 0 saturated carbocycles. The van der Waals surface area contributed by atoms with Crippen LogP contribution < -0.4 is 25.0 Å². The first kappa shape index (κ1) is 32.0. The second-order valence-corrected chi connectivity index (χ2v) is 11.7. The summed E-state index contributed by atoms with van der Waals surface area (Å²) >= 11 is 0. The number of unbranched alkanes of at least 4 members (excludes halogenated alkanes) is 2. The van der Waals surface area contributed by atoms with E-state index in [0.717, 1.165) is 63.1 Å². The Kier molecular flexibility index (Phi) is 10.8. The second kappa shape index (κ2) is 14.5. The first-order valence-corrected chi connectivity index (χ1v) is 14.8. The second-order valence-electron chi connectivity index (χ2n) is 11.7. The van der Waals surface area contributed by atoms with Crippen LogP contribution in [0, 0.1) is 0 Å². The van der Waals surface area contributed by atoms with Crippen LogP contribution in [0.1, 0.15) is 47.0 Å². The lowest BCUT2D eigenvalue weighted by atomic mass is 10.0. The van der Waals surface area contributed by atoms with Gasteiger partial charge in [-0.05, 0) is 63.9 Å². The van der Waals surface area contributed by atoms with E-state index < -0.39 is 5.54 Å². The van der Waals surface area contributed by atoms with Gasteiger partial charge in [0, 0.05) is 61.4 Å². The maximum absolute atomic E-state index is 12.9. The van der Waals surface area contributed by atoms with Gasteiger partial charge in [-0.3, -0.25) is 19.9 Å². The van der Waals surface area contributed by atoms with E-state index in [1.807, 2.05) is 39.0 Å². The van der Waals surface area contributed by atoms with Crippen molar-refractivity contribution >= 4 is 34.5 Å². The molecule has 1 fully saturated rings. The van der Waals surface area contributed by atoms with Crippen LogP contribution in [0.25, 0.3) is 22.0 Å². The van der Waals surface area contributed by atoms with Crippen molar-refractivity contribution in [3.05, 3.63) is 36.5 Å². The molecule has 3 amide bonds. The van der Waals surface area contributed by atoms with Crippen LogP contribution in [-0.4, -0.2) is 86.0 Å². The number of ether oxygens (including phenoxy) is 3. The number of benzene rings is 1. The van der Waals surface area contributed by atoms with Crippen LogP contribution in [0.5, 0.6) is 11.5 Å². The average molecular weight is 593 g/mol. The fraction of sp³-hybridized carbons (Fsp3) is 0.500. The number of aromatic nitrogens is 2. The standard InChI is InChI=1S/C32H44N6O5/c1-22(39)38(11-9-7-8-10-37-12-14-43-15-13-37)29-20-28-24(21-33-29)18-27(23-16-25(41-5)19-26(17-23)42-6)30(34-28)35-31(40)36-32(2,3)4/h16-21H,7-15H2,1-6H3,(H2,34,35,36,40). The number of methoxy groups -OCH3 is 2. The summed E-state index contributed by atoms with van der Waals surface area (Å²) in [6.07, 6.45) is 4.67. The first-order valence-electron chi connectivity index (χ1n) is 14.8. The van der Waals surface area contributed by atoms with Crippen molar-refractivity contribution in [1.29, 1.82) is 0 Å². The predicted molar refractivity (Wildman–Crippen MR) is 169 cm³/mol. The average Bonchev–Trinajstić information content (AvgIpc) is 2.97. The minimum absolute atomic E-state index is 0.0805. The Morgan fingerprint density at radius 2 is 1.70 bits per heavy atom. The summed E-state index contributed by atoms with van der Waals surface area (Å²) in [5.41, 5.74) is 1.59. The van der Waals surface area contributed by atoms with Gasteiger partial charge in [0.1, 0.15) is 23.1 Å². The summed E-state index contributed by atoms with van der Waals surface area (Å²) < 4.78 is 16.4. The van der Waals surface area contributed by atoms with Crippen LogP contribution in [0.15, 0.2) is 36.5 Å². The SMILES string of the molecule is COc1cc(OC)cc(-c2cc3cnc(N(CCCCCN4CCOCC4)C(C)=O)cc3nc2NC(=O)NC(C)(C)C)c1. The lowest BCUT2D eigenvalue weighted by Crippen LogP contribution is -2.43. The van der Waals surface area contributed by atoms with Gasteiger partial charge in [0.05, 0.1) is 33.0 Å². The number of nitrogens with zero attached hydrogens (tertiary/aromatic N) is 4. The molecule has 0 bridgehead atoms. The minimum Gasteiger partial charge on any atom is -0.497 e. The van der Waals surface area contributed by atoms with Gasteiger partial charge in [-0.2, -0.15) is 0 Å². The van der Waals surface area contributed by atoms with E-state index in [1.165, 1.54) is 0 Å². The summed E-state index contributed by atoms with van der Waals surface area (Å²) in [7, 11) is 3.17. The van der Waals surface area contributed by atoms with Crippen LogP contribution in [-0.2, 0) is 9.53 Å². The number of morpholine rings is 1. The van der Waals surface area contributed by atoms with Crippen molar-refractivity contribution < 1.29 is 23.8 Å². The largest absolute Gasteiger partial charge is 0.497 e. The summed E-state index contributed by atoms with van der Waals surface area (Å²) in [5.74, 6) is 2.02. The zero-order valence-electron chi connectivity index (χ0n) is 26.2. The van der Waals surface area contributed by atoms with E-state index in [1.54, 1.807) is 44.4 Å². The third kappa shape index (κ3) is 9.01. The molecule has 4 rings (SSSR count). The molecule has 232 valence electrons. The fourth-order valence-electron chi connectivity index (χ4n) is 5.00. The van der Waals surface area contributed by atoms with E-state index in [2.05, 4.69) is 20.5 Å². The number of urea groups is 1. The van der Waals surface area contributed by atoms with Crippen molar-refractivity contribution in [2.75, 3.05) is 63.8 Å². The van der Waals surface area contributed by atoms with Crippen molar-refractivity contribution in [3.63, 3.8) is 0 Å². The molecule has 2 N–H and O–H groups in total. The molecule has 1 aliphatic rings. The molecule has 3 heterocycles. The number of nitrogens with one attached hydrogen (secondary N) is 2. The molecule has 0 atom stereocenters. The number of hydrogen-bond acceptors (Lipinski definition) is 8. The van der Waals surface area contributed by atoms with E-state index in [0.29, 0.717) is 40.8 Å². The Hall–Kier alpha value is -3.96. The summed E-state index contributed by atoms with van der Waals surface area (Å²) in [6.45, 7) is 12.4. The molecule has 11 heteroatoms. The van der Waals surface area contributed by atoms with Crippen molar-refractivity contribution in [2.45, 2.75) is 52.5 Å². The molecule has 43 heavy (non-hydrogen) atoms. The number of fused-ring (bicyclic) bond motifs is 1. The lowest BCUT2D eigenvalue weighted by molar-refractivity contribution is -0.116. The Labute approximate surface area is 253 Å². The number of pyridine rings is 2. The Balaban J connectivity index is 1.61. The van der Waals surface area contributed by atoms with Crippen LogP contribution in [0.4, 0.5) is 16.4 Å². The van der Waals surface area contributed by atoms with Gasteiger partial charge in [0.15, 0.2) is 0 Å². The molecule has 11 nitrogen and oxygen atoms in total. The van der Waals surface area contributed by atoms with Gasteiger partial charge < -0.3 is 19.5 Å². The Morgan fingerprint density at radius 1 is 1.00 bits per heavy atom. The van der Waals surface area contributed by atoms with Crippen LogP contribution >= 0.6 is 0 Å². The summed E-state index contributed by atoms with van der Waals surface area (Å²) in [6, 6.07) is 8.83. The molecule has 1 saturated heterocycles. The van der Waals surface area contributed by atoms with E-state index >= 15 is 0 Å². The molecule has 2 aromatic heterocycles. The maximum atomic E-state index is 12.9. The normalized spacial score (nSPS) is 13.9. The Bertz CT molecular complexity index is 1400. The molecular formula is C32H44N6O5. The monoisotopic (exact) mass is 592 g/mol. The molecule has 0 aliphatic carbocycles. The predicted octanol–water partition coefficient (Wildman–Crippen LogP) is 5.09. The fourth-order valence-corrected chi connectivity index (χ4v) is 5.00. The van der Waals surface area contributed by atoms with Gasteiger partial charge in [-0.15, -0.1) is 0 Å². The number of carbonyl (C=O) groups excluding carboxylic acids is 2. The summed E-state index contributed by atoms with van der Waals surface area (Å²) in [5, 5.41) is 6.61. The quantitative estimate of drug-likeness (QED) is 0.296. The molecular weight excluding hydrogens is 548 g/mol. The van der Waals surface area contributed by atoms with Gasteiger partial charge in [0.2, 0.25) is 5.91 Å². The number of rotatable bonds is 11. The summed E-state index contributed by atoms with van der Waals surface area (Å²) in [4.78, 5) is 39.2. The van der Waals surface area contributed by atoms with Crippen LogP contribution in [0.3, 0.4) is 0 Å². The third-order valence-corrected chi connectivity index (χ3v) is 7.18. The zero-order valence-corrected chi connectivity index (χ0v) is 26.2. The van der Waals surface area contributed by atoms with Gasteiger partial charge in [-0.25, -0.2) is 14.8 Å². The molecule has 1 aliphatic heterocycles. The van der Waals surface area contributed by atoms with Gasteiger partial charge >= 0.3 is 6.03 Å². The van der Waals surface area contributed by atoms with E-state index in [-0.39, 0.29) is 11.9 Å². The molecule has 3 aromatic rings. The topological polar surface area (TPSA) is 118 Å². The lowest BCUT2D eigenvalue weighted by Gasteiger charge is -2.26. The highest BCUT2D eigenvalue weighted by molar-refractivity contribution is 5.98. The van der Waals surface area contributed by atoms with Crippen molar-refractivity contribution in [2.24, 2.45) is 0 Å². The number of hydrogen-bond donors (Lipinski definition) is 2. The minimum atomic E-state index is -0.443. The van der Waals surface area contributed by atoms with Crippen molar-refractivity contribution in [1.82, 2.24) is 20.2 Å². The van der Waals surface area contributed by atoms with Crippen molar-refractivity contribution in [3.8, 4) is 22.6 Å². The smallest absolute Gasteiger partial charge is 0.320 e. The highest BCUT2D eigenvalue weighted by atomic mass is 16.5. The number of carbonyl (C=O) groups is 2. The van der Waals surface area contributed by atoms with Crippen LogP contribution in [0.2, 0.25) is 0 Å². The van der Waals surface area contributed by atoms with E-state index in [9.17, 15) is 9.59 Å². The Morgan fingerprint density at radius 3 is 2.33 bits per heavy atom. The number of anilines is 2. The first-order chi connectivity index (χ1) is 20.6. The molecule has 0 radical (unpaired) electrons. The zero-order chi connectivity index (χ0) is 31.0. The molecule has 0 spiro atoms.